The van der Waals surface area contributed by atoms with Gasteiger partial charge in [0.1, 0.15) is 5.82 Å². The van der Waals surface area contributed by atoms with E-state index in [4.69, 9.17) is 0 Å². The zero-order chi connectivity index (χ0) is 20.8. The number of carbonyl (C=O) groups excluding carboxylic acids is 3. The van der Waals surface area contributed by atoms with E-state index in [1.165, 1.54) is 17.0 Å². The first-order valence-corrected chi connectivity index (χ1v) is 9.72. The van der Waals surface area contributed by atoms with Crippen LogP contribution in [0.3, 0.4) is 0 Å². The highest BCUT2D eigenvalue weighted by molar-refractivity contribution is 6.22. The van der Waals surface area contributed by atoms with E-state index in [2.05, 4.69) is 5.32 Å². The lowest BCUT2D eigenvalue weighted by molar-refractivity contribution is -0.117. The third-order valence-electron chi connectivity index (χ3n) is 5.56. The molecule has 3 aromatic rings. The molecule has 0 unspecified atom stereocenters. The molecule has 1 saturated heterocycles. The van der Waals surface area contributed by atoms with Crippen molar-refractivity contribution in [1.82, 2.24) is 0 Å². The third kappa shape index (κ3) is 2.88. The monoisotopic (exact) mass is 400 g/mol. The van der Waals surface area contributed by atoms with Crippen LogP contribution in [-0.2, 0) is 4.79 Å². The van der Waals surface area contributed by atoms with Crippen molar-refractivity contribution < 1.29 is 18.8 Å². The van der Waals surface area contributed by atoms with E-state index < -0.39 is 11.7 Å². The molecule has 1 aliphatic heterocycles. The van der Waals surface area contributed by atoms with Gasteiger partial charge < -0.3 is 10.2 Å². The Hall–Kier alpha value is -3.80. The van der Waals surface area contributed by atoms with Gasteiger partial charge in [-0.1, -0.05) is 30.3 Å². The molecule has 0 atom stereocenters. The lowest BCUT2D eigenvalue weighted by Gasteiger charge is -2.17. The summed E-state index contributed by atoms with van der Waals surface area (Å²) in [6, 6.07) is 16.6. The average Bonchev–Trinajstić information content (AvgIpc) is 3.30. The molecule has 1 fully saturated rings. The van der Waals surface area contributed by atoms with Crippen molar-refractivity contribution in [2.75, 3.05) is 16.8 Å². The fourth-order valence-corrected chi connectivity index (χ4v) is 4.08. The standard InChI is InChI=1S/C24H17FN2O3/c25-20-13-15(8-10-21(20)27-11-3-6-22(27)28)26-24(30)14-7-9-17-16-4-1-2-5-18(16)23(29)19(17)12-14/h1-2,4-5,7-10,12-13H,3,6,11H2,(H,26,30). The molecule has 0 bridgehead atoms. The van der Waals surface area contributed by atoms with Gasteiger partial charge in [0.2, 0.25) is 5.91 Å². The lowest BCUT2D eigenvalue weighted by atomic mass is 10.0. The minimum atomic E-state index is -0.567. The Labute approximate surface area is 172 Å². The van der Waals surface area contributed by atoms with Gasteiger partial charge in [-0.25, -0.2) is 4.39 Å². The number of anilines is 2. The molecule has 2 aliphatic rings. The molecule has 5 rings (SSSR count). The maximum absolute atomic E-state index is 14.5. The predicted molar refractivity (Wildman–Crippen MR) is 111 cm³/mol. The van der Waals surface area contributed by atoms with Crippen molar-refractivity contribution >= 4 is 29.0 Å². The molecule has 0 aromatic heterocycles. The molecular weight excluding hydrogens is 383 g/mol. The van der Waals surface area contributed by atoms with Crippen molar-refractivity contribution in [3.05, 3.63) is 83.2 Å². The topological polar surface area (TPSA) is 66.5 Å². The second-order valence-corrected chi connectivity index (χ2v) is 7.40. The summed E-state index contributed by atoms with van der Waals surface area (Å²) in [7, 11) is 0. The van der Waals surface area contributed by atoms with Gasteiger partial charge in [0.15, 0.2) is 5.78 Å². The zero-order valence-electron chi connectivity index (χ0n) is 15.9. The number of fused-ring (bicyclic) bond motifs is 3. The van der Waals surface area contributed by atoms with Crippen LogP contribution >= 0.6 is 0 Å². The van der Waals surface area contributed by atoms with E-state index in [1.807, 2.05) is 18.2 Å². The van der Waals surface area contributed by atoms with Gasteiger partial charge in [-0.3, -0.25) is 14.4 Å². The van der Waals surface area contributed by atoms with E-state index in [-0.39, 0.29) is 23.1 Å². The molecule has 6 heteroatoms. The number of ketones is 1. The van der Waals surface area contributed by atoms with E-state index in [0.29, 0.717) is 36.1 Å². The summed E-state index contributed by atoms with van der Waals surface area (Å²) in [5, 5.41) is 2.66. The van der Waals surface area contributed by atoms with Crippen LogP contribution in [0, 0.1) is 5.82 Å². The van der Waals surface area contributed by atoms with Crippen molar-refractivity contribution in [2.45, 2.75) is 12.8 Å². The van der Waals surface area contributed by atoms with E-state index in [0.717, 1.165) is 11.1 Å². The highest BCUT2D eigenvalue weighted by Crippen LogP contribution is 2.37. The molecule has 0 radical (unpaired) electrons. The van der Waals surface area contributed by atoms with Crippen LogP contribution in [0.15, 0.2) is 60.7 Å². The Morgan fingerprint density at radius 1 is 0.900 bits per heavy atom. The SMILES string of the molecule is O=C(Nc1ccc(N2CCCC2=O)c(F)c1)c1ccc2c(c1)C(=O)c1ccccc1-2. The molecule has 3 aromatic carbocycles. The van der Waals surface area contributed by atoms with Gasteiger partial charge >= 0.3 is 0 Å². The van der Waals surface area contributed by atoms with Gasteiger partial charge in [-0.2, -0.15) is 0 Å². The number of hydrogen-bond donors (Lipinski definition) is 1. The van der Waals surface area contributed by atoms with Crippen molar-refractivity contribution in [3.8, 4) is 11.1 Å². The van der Waals surface area contributed by atoms with E-state index in [1.54, 1.807) is 30.3 Å². The molecule has 2 amide bonds. The van der Waals surface area contributed by atoms with E-state index in [9.17, 15) is 18.8 Å². The minimum Gasteiger partial charge on any atom is -0.322 e. The molecule has 30 heavy (non-hydrogen) atoms. The van der Waals surface area contributed by atoms with Crippen LogP contribution < -0.4 is 10.2 Å². The largest absolute Gasteiger partial charge is 0.322 e. The normalized spacial score (nSPS) is 14.6. The second kappa shape index (κ2) is 6.91. The fraction of sp³-hybridized carbons (Fsp3) is 0.125. The van der Waals surface area contributed by atoms with Crippen molar-refractivity contribution in [3.63, 3.8) is 0 Å². The number of rotatable bonds is 3. The molecule has 148 valence electrons. The Bertz CT molecular complexity index is 1230. The summed E-state index contributed by atoms with van der Waals surface area (Å²) in [6.45, 7) is 0.493. The maximum atomic E-state index is 14.5. The number of amides is 2. The van der Waals surface area contributed by atoms with Gasteiger partial charge in [0.25, 0.3) is 5.91 Å². The Kier molecular flexibility index (Phi) is 4.20. The third-order valence-corrected chi connectivity index (χ3v) is 5.56. The van der Waals surface area contributed by atoms with Crippen LogP contribution in [0.2, 0.25) is 0 Å². The summed E-state index contributed by atoms with van der Waals surface area (Å²) in [4.78, 5) is 38.6. The van der Waals surface area contributed by atoms with E-state index >= 15 is 0 Å². The number of benzene rings is 3. The molecule has 0 saturated carbocycles. The maximum Gasteiger partial charge on any atom is 0.255 e. The first kappa shape index (κ1) is 18.2. The quantitative estimate of drug-likeness (QED) is 0.554. The minimum absolute atomic E-state index is 0.102. The highest BCUT2D eigenvalue weighted by Gasteiger charge is 2.27. The van der Waals surface area contributed by atoms with Gasteiger partial charge in [-0.15, -0.1) is 0 Å². The molecule has 5 nitrogen and oxygen atoms in total. The second-order valence-electron chi connectivity index (χ2n) is 7.40. The molecule has 0 spiro atoms. The fourth-order valence-electron chi connectivity index (χ4n) is 4.08. The average molecular weight is 400 g/mol. The molecule has 1 aliphatic carbocycles. The van der Waals surface area contributed by atoms with Crippen LogP contribution in [0.4, 0.5) is 15.8 Å². The summed E-state index contributed by atoms with van der Waals surface area (Å²) in [5.41, 5.74) is 3.59. The van der Waals surface area contributed by atoms with Crippen molar-refractivity contribution in [1.29, 1.82) is 0 Å². The Morgan fingerprint density at radius 2 is 1.67 bits per heavy atom. The summed E-state index contributed by atoms with van der Waals surface area (Å²) in [6.07, 6.45) is 1.12. The number of hydrogen-bond acceptors (Lipinski definition) is 3. The number of nitrogens with one attached hydrogen (secondary N) is 1. The van der Waals surface area contributed by atoms with Gasteiger partial charge in [-0.05, 0) is 47.9 Å². The van der Waals surface area contributed by atoms with Crippen molar-refractivity contribution in [2.24, 2.45) is 0 Å². The van der Waals surface area contributed by atoms with Crippen LogP contribution in [-0.4, -0.2) is 24.1 Å². The molecule has 1 N–H and O–H groups in total. The van der Waals surface area contributed by atoms with Crippen LogP contribution in [0.1, 0.15) is 39.1 Å². The number of carbonyl (C=O) groups is 3. The lowest BCUT2D eigenvalue weighted by Crippen LogP contribution is -2.24. The smallest absolute Gasteiger partial charge is 0.255 e. The highest BCUT2D eigenvalue weighted by atomic mass is 19.1. The zero-order valence-corrected chi connectivity index (χ0v) is 15.9. The molecular formula is C24H17FN2O3. The Morgan fingerprint density at radius 3 is 2.40 bits per heavy atom. The summed E-state index contributed by atoms with van der Waals surface area (Å²) in [5.74, 6) is -1.22. The van der Waals surface area contributed by atoms with Gasteiger partial charge in [0.05, 0.1) is 5.69 Å². The first-order valence-electron chi connectivity index (χ1n) is 9.72. The summed E-state index contributed by atoms with van der Waals surface area (Å²) < 4.78 is 14.5. The number of halogens is 1. The van der Waals surface area contributed by atoms with Crippen LogP contribution in [0.25, 0.3) is 11.1 Å². The Balaban J connectivity index is 1.38. The predicted octanol–water partition coefficient (Wildman–Crippen LogP) is 4.42. The van der Waals surface area contributed by atoms with Gasteiger partial charge in [0, 0.05) is 35.3 Å². The van der Waals surface area contributed by atoms with Crippen LogP contribution in [0.5, 0.6) is 0 Å². The first-order chi connectivity index (χ1) is 14.5. The number of nitrogens with zero attached hydrogens (tertiary/aromatic N) is 1. The summed E-state index contributed by atoms with van der Waals surface area (Å²) >= 11 is 0. The molecule has 1 heterocycles.